The molecule has 0 aliphatic carbocycles. The van der Waals surface area contributed by atoms with E-state index >= 15 is 0 Å². The Morgan fingerprint density at radius 2 is 1.76 bits per heavy atom. The van der Waals surface area contributed by atoms with E-state index in [0.717, 1.165) is 16.6 Å². The molecule has 2 aromatic heterocycles. The Bertz CT molecular complexity index is 1390. The number of H-pyrrole nitrogens is 1. The molecule has 41 heavy (non-hydrogen) atoms. The van der Waals surface area contributed by atoms with E-state index in [-0.39, 0.29) is 24.4 Å². The minimum atomic E-state index is -0.655. The standard InChI is InChI=1S/C30H39ClN6O4/c1-19(2)37(29(40)41-30(4,5)6)18-23(21-7-9-22(31)10-8-21)28(39)36-15-13-35(14-16-36)25-11-12-32-27-26(25)24(17-33-27)34-20(3)38/h7-12,17,19,23H,13-16,18H2,1-6H3,(H,32,33)(H,34,38)/t23-/m1/s1. The number of nitrogens with one attached hydrogen (secondary N) is 2. The average Bonchev–Trinajstić information content (AvgIpc) is 3.31. The number of carbonyl (C=O) groups excluding carboxylic acids is 3. The molecule has 1 aromatic carbocycles. The summed E-state index contributed by atoms with van der Waals surface area (Å²) < 4.78 is 5.67. The second-order valence-corrected chi connectivity index (χ2v) is 12.0. The van der Waals surface area contributed by atoms with Crippen molar-refractivity contribution < 1.29 is 19.1 Å². The van der Waals surface area contributed by atoms with Crippen LogP contribution in [-0.2, 0) is 14.3 Å². The largest absolute Gasteiger partial charge is 0.444 e. The van der Waals surface area contributed by atoms with Crippen LogP contribution in [0.2, 0.25) is 5.02 Å². The molecule has 10 nitrogen and oxygen atoms in total. The van der Waals surface area contributed by atoms with Crippen LogP contribution >= 0.6 is 11.6 Å². The number of benzene rings is 1. The van der Waals surface area contributed by atoms with E-state index in [2.05, 4.69) is 20.2 Å². The van der Waals surface area contributed by atoms with Gasteiger partial charge in [-0.25, -0.2) is 9.78 Å². The van der Waals surface area contributed by atoms with Crippen molar-refractivity contribution in [3.63, 3.8) is 0 Å². The maximum Gasteiger partial charge on any atom is 0.410 e. The lowest BCUT2D eigenvalue weighted by Crippen LogP contribution is -2.52. The number of ether oxygens (including phenoxy) is 1. The fraction of sp³-hybridized carbons (Fsp3) is 0.467. The highest BCUT2D eigenvalue weighted by molar-refractivity contribution is 6.30. The molecular weight excluding hydrogens is 544 g/mol. The first-order valence-corrected chi connectivity index (χ1v) is 14.2. The third kappa shape index (κ3) is 7.30. The van der Waals surface area contributed by atoms with E-state index < -0.39 is 17.6 Å². The zero-order valence-corrected chi connectivity index (χ0v) is 25.3. The molecule has 11 heteroatoms. The Kier molecular flexibility index (Phi) is 9.11. The van der Waals surface area contributed by atoms with Crippen molar-refractivity contribution in [2.45, 2.75) is 59.1 Å². The predicted octanol–water partition coefficient (Wildman–Crippen LogP) is 5.25. The first kappa shape index (κ1) is 30.2. The van der Waals surface area contributed by atoms with Crippen LogP contribution < -0.4 is 10.2 Å². The van der Waals surface area contributed by atoms with E-state index in [9.17, 15) is 14.4 Å². The third-order valence-corrected chi connectivity index (χ3v) is 7.25. The molecule has 3 heterocycles. The maximum atomic E-state index is 14.1. The molecule has 3 aromatic rings. The molecule has 3 amide bonds. The smallest absolute Gasteiger partial charge is 0.410 e. The number of hydrogen-bond donors (Lipinski definition) is 2. The molecule has 1 saturated heterocycles. The van der Waals surface area contributed by atoms with E-state index in [0.29, 0.717) is 42.5 Å². The summed E-state index contributed by atoms with van der Waals surface area (Å²) in [5, 5.41) is 4.29. The van der Waals surface area contributed by atoms with Gasteiger partial charge in [0.15, 0.2) is 0 Å². The number of nitrogens with zero attached hydrogens (tertiary/aromatic N) is 4. The summed E-state index contributed by atoms with van der Waals surface area (Å²) in [6.07, 6.45) is 3.02. The van der Waals surface area contributed by atoms with Crippen LogP contribution in [0.3, 0.4) is 0 Å². The Morgan fingerprint density at radius 1 is 1.10 bits per heavy atom. The molecule has 0 bridgehead atoms. The highest BCUT2D eigenvalue weighted by atomic mass is 35.5. The fourth-order valence-electron chi connectivity index (χ4n) is 5.01. The molecule has 0 unspecified atom stereocenters. The number of rotatable bonds is 7. The number of piperazine rings is 1. The highest BCUT2D eigenvalue weighted by Crippen LogP contribution is 2.33. The second kappa shape index (κ2) is 12.4. The predicted molar refractivity (Wildman–Crippen MR) is 161 cm³/mol. The molecule has 0 spiro atoms. The van der Waals surface area contributed by atoms with E-state index in [1.165, 1.54) is 6.92 Å². The van der Waals surface area contributed by atoms with Crippen LogP contribution in [-0.4, -0.2) is 82.0 Å². The fourth-order valence-corrected chi connectivity index (χ4v) is 5.14. The van der Waals surface area contributed by atoms with Gasteiger partial charge in [-0.2, -0.15) is 0 Å². The van der Waals surface area contributed by atoms with Crippen molar-refractivity contribution in [1.29, 1.82) is 0 Å². The van der Waals surface area contributed by atoms with Crippen LogP contribution in [0.15, 0.2) is 42.7 Å². The van der Waals surface area contributed by atoms with Crippen molar-refractivity contribution in [2.24, 2.45) is 0 Å². The van der Waals surface area contributed by atoms with Crippen molar-refractivity contribution in [3.05, 3.63) is 53.3 Å². The number of fused-ring (bicyclic) bond motifs is 1. The number of pyridine rings is 1. The Morgan fingerprint density at radius 3 is 2.34 bits per heavy atom. The number of amides is 3. The molecule has 0 saturated carbocycles. The van der Waals surface area contributed by atoms with Gasteiger partial charge in [-0.05, 0) is 58.4 Å². The molecule has 0 radical (unpaired) electrons. The lowest BCUT2D eigenvalue weighted by molar-refractivity contribution is -0.133. The van der Waals surface area contributed by atoms with Crippen LogP contribution in [0.1, 0.15) is 53.0 Å². The van der Waals surface area contributed by atoms with Gasteiger partial charge in [0.25, 0.3) is 0 Å². The Balaban J connectivity index is 1.55. The van der Waals surface area contributed by atoms with Gasteiger partial charge in [0.05, 0.1) is 22.7 Å². The summed E-state index contributed by atoms with van der Waals surface area (Å²) in [5.74, 6) is -0.801. The zero-order chi connectivity index (χ0) is 29.9. The van der Waals surface area contributed by atoms with Gasteiger partial charge in [0.1, 0.15) is 11.2 Å². The van der Waals surface area contributed by atoms with Gasteiger partial charge in [0, 0.05) is 63.1 Å². The van der Waals surface area contributed by atoms with E-state index in [4.69, 9.17) is 16.3 Å². The Hall–Kier alpha value is -3.79. The number of hydrogen-bond acceptors (Lipinski definition) is 6. The third-order valence-electron chi connectivity index (χ3n) is 7.00. The van der Waals surface area contributed by atoms with Gasteiger partial charge >= 0.3 is 6.09 Å². The lowest BCUT2D eigenvalue weighted by Gasteiger charge is -2.39. The van der Waals surface area contributed by atoms with Gasteiger partial charge in [0.2, 0.25) is 11.8 Å². The van der Waals surface area contributed by atoms with E-state index in [1.807, 2.05) is 57.7 Å². The molecule has 1 atom stereocenters. The van der Waals surface area contributed by atoms with Crippen molar-refractivity contribution in [2.75, 3.05) is 42.9 Å². The summed E-state index contributed by atoms with van der Waals surface area (Å²) in [7, 11) is 0. The lowest BCUT2D eigenvalue weighted by atomic mass is 9.96. The topological polar surface area (TPSA) is 111 Å². The van der Waals surface area contributed by atoms with Gasteiger partial charge in [-0.15, -0.1) is 0 Å². The van der Waals surface area contributed by atoms with Crippen LogP contribution in [0.25, 0.3) is 11.0 Å². The first-order chi connectivity index (χ1) is 19.3. The number of aromatic nitrogens is 2. The molecule has 1 aliphatic rings. The summed E-state index contributed by atoms with van der Waals surface area (Å²) in [4.78, 5) is 52.1. The number of anilines is 2. The SMILES string of the molecule is CC(=O)Nc1c[nH]c2nccc(N3CCN(C(=O)[C@H](CN(C(=O)OC(C)(C)C)C(C)C)c4ccc(Cl)cc4)CC3)c12. The molecule has 220 valence electrons. The van der Waals surface area contributed by atoms with Gasteiger partial charge in [-0.1, -0.05) is 23.7 Å². The molecule has 4 rings (SSSR count). The molecule has 1 fully saturated rings. The minimum Gasteiger partial charge on any atom is -0.444 e. The maximum absolute atomic E-state index is 14.1. The zero-order valence-electron chi connectivity index (χ0n) is 24.5. The monoisotopic (exact) mass is 582 g/mol. The Labute approximate surface area is 246 Å². The average molecular weight is 583 g/mol. The summed E-state index contributed by atoms with van der Waals surface area (Å²) in [5.41, 5.74) is 2.44. The van der Waals surface area contributed by atoms with Crippen LogP contribution in [0.5, 0.6) is 0 Å². The summed E-state index contributed by atoms with van der Waals surface area (Å²) in [6.45, 7) is 13.2. The highest BCUT2D eigenvalue weighted by Gasteiger charge is 2.34. The second-order valence-electron chi connectivity index (χ2n) is 11.6. The van der Waals surface area contributed by atoms with Crippen molar-refractivity contribution in [1.82, 2.24) is 19.8 Å². The van der Waals surface area contributed by atoms with Crippen LogP contribution in [0.4, 0.5) is 16.2 Å². The van der Waals surface area contributed by atoms with Crippen molar-refractivity contribution in [3.8, 4) is 0 Å². The quantitative estimate of drug-likeness (QED) is 0.393. The van der Waals surface area contributed by atoms with E-state index in [1.54, 1.807) is 29.4 Å². The normalized spacial score (nSPS) is 14.7. The van der Waals surface area contributed by atoms with Gasteiger partial charge < -0.3 is 29.7 Å². The molecule has 2 N–H and O–H groups in total. The number of carbonyl (C=O) groups is 3. The molecule has 1 aliphatic heterocycles. The van der Waals surface area contributed by atoms with Crippen molar-refractivity contribution >= 4 is 51.9 Å². The number of halogens is 1. The summed E-state index contributed by atoms with van der Waals surface area (Å²) >= 11 is 6.16. The number of aromatic amines is 1. The summed E-state index contributed by atoms with van der Waals surface area (Å²) in [6, 6.07) is 8.98. The first-order valence-electron chi connectivity index (χ1n) is 13.9. The minimum absolute atomic E-state index is 0.0540. The van der Waals surface area contributed by atoms with Crippen LogP contribution in [0, 0.1) is 0 Å². The molecular formula is C30H39ClN6O4. The van der Waals surface area contributed by atoms with Gasteiger partial charge in [-0.3, -0.25) is 9.59 Å².